The Labute approximate surface area is 124 Å². The van der Waals surface area contributed by atoms with Gasteiger partial charge < -0.3 is 5.11 Å². The predicted octanol–water partition coefficient (Wildman–Crippen LogP) is 4.34. The first-order valence-corrected chi connectivity index (χ1v) is 6.42. The van der Waals surface area contributed by atoms with Crippen molar-refractivity contribution in [1.82, 2.24) is 4.98 Å². The van der Waals surface area contributed by atoms with Crippen molar-refractivity contribution in [3.63, 3.8) is 0 Å². The van der Waals surface area contributed by atoms with Gasteiger partial charge in [-0.3, -0.25) is 9.78 Å². The fraction of sp³-hybridized carbons (Fsp3) is 0.0769. The minimum absolute atomic E-state index is 0.164. The molecule has 1 heterocycles. The maximum absolute atomic E-state index is 10.9. The van der Waals surface area contributed by atoms with Crippen LogP contribution in [0.4, 0.5) is 0 Å². The van der Waals surface area contributed by atoms with E-state index in [1.165, 1.54) is 6.20 Å². The Morgan fingerprint density at radius 2 is 1.89 bits per heavy atom. The summed E-state index contributed by atoms with van der Waals surface area (Å²) in [6.07, 6.45) is 1.30. The van der Waals surface area contributed by atoms with Gasteiger partial charge in [0.05, 0.1) is 27.2 Å². The molecule has 0 aliphatic heterocycles. The fourth-order valence-electron chi connectivity index (χ4n) is 1.68. The number of rotatable bonds is 3. The number of carboxylic acid groups (broad SMARTS) is 1. The summed E-state index contributed by atoms with van der Waals surface area (Å²) in [5, 5.41) is 10.1. The summed E-state index contributed by atoms with van der Waals surface area (Å²) in [7, 11) is 0. The number of benzene rings is 1. The van der Waals surface area contributed by atoms with E-state index in [9.17, 15) is 4.79 Å². The minimum atomic E-state index is -0.953. The fourth-order valence-corrected chi connectivity index (χ4v) is 2.16. The topological polar surface area (TPSA) is 50.2 Å². The van der Waals surface area contributed by atoms with Crippen LogP contribution in [0.2, 0.25) is 15.1 Å². The Kier molecular flexibility index (Phi) is 4.30. The predicted molar refractivity (Wildman–Crippen MR) is 76.0 cm³/mol. The van der Waals surface area contributed by atoms with Crippen molar-refractivity contribution in [2.24, 2.45) is 0 Å². The molecule has 0 aliphatic carbocycles. The van der Waals surface area contributed by atoms with Crippen LogP contribution in [0.5, 0.6) is 0 Å². The van der Waals surface area contributed by atoms with Crippen molar-refractivity contribution in [2.45, 2.75) is 6.42 Å². The maximum Gasteiger partial charge on any atom is 0.307 e. The first-order chi connectivity index (χ1) is 8.97. The lowest BCUT2D eigenvalue weighted by Crippen LogP contribution is -2.03. The molecule has 0 saturated carbocycles. The average molecular weight is 317 g/mol. The van der Waals surface area contributed by atoms with Crippen LogP contribution in [0.25, 0.3) is 11.3 Å². The third-order valence-corrected chi connectivity index (χ3v) is 3.41. The molecule has 0 fully saturated rings. The van der Waals surface area contributed by atoms with Crippen molar-refractivity contribution in [1.29, 1.82) is 0 Å². The van der Waals surface area contributed by atoms with Crippen LogP contribution >= 0.6 is 34.8 Å². The highest BCUT2D eigenvalue weighted by atomic mass is 35.5. The summed E-state index contributed by atoms with van der Waals surface area (Å²) < 4.78 is 0. The largest absolute Gasteiger partial charge is 0.481 e. The van der Waals surface area contributed by atoms with E-state index in [1.54, 1.807) is 24.3 Å². The van der Waals surface area contributed by atoms with Crippen LogP contribution < -0.4 is 0 Å². The molecule has 98 valence electrons. The standard InChI is InChI=1S/C13H8Cl3NO2/c14-9-3-8(5-12(18)19)13(17-6-9)7-1-2-10(15)11(16)4-7/h1-4,6H,5H2,(H,18,19). The SMILES string of the molecule is O=C(O)Cc1cc(Cl)cnc1-c1ccc(Cl)c(Cl)c1. The quantitative estimate of drug-likeness (QED) is 0.916. The zero-order valence-corrected chi connectivity index (χ0v) is 11.8. The van der Waals surface area contributed by atoms with Crippen molar-refractivity contribution >= 4 is 40.8 Å². The molecule has 1 N–H and O–H groups in total. The van der Waals surface area contributed by atoms with Gasteiger partial charge in [-0.15, -0.1) is 0 Å². The Bertz CT molecular complexity index is 644. The van der Waals surface area contributed by atoms with E-state index >= 15 is 0 Å². The summed E-state index contributed by atoms with van der Waals surface area (Å²) in [4.78, 5) is 15.0. The highest BCUT2D eigenvalue weighted by molar-refractivity contribution is 6.42. The van der Waals surface area contributed by atoms with Gasteiger partial charge in [0, 0.05) is 11.8 Å². The van der Waals surface area contributed by atoms with Gasteiger partial charge in [-0.05, 0) is 23.8 Å². The average Bonchev–Trinajstić information content (AvgIpc) is 2.32. The van der Waals surface area contributed by atoms with E-state index < -0.39 is 5.97 Å². The number of carbonyl (C=O) groups is 1. The number of carboxylic acids is 1. The number of nitrogens with zero attached hydrogens (tertiary/aromatic N) is 1. The molecule has 0 amide bonds. The maximum atomic E-state index is 10.9. The van der Waals surface area contributed by atoms with Gasteiger partial charge in [0.15, 0.2) is 0 Å². The summed E-state index contributed by atoms with van der Waals surface area (Å²) in [5.74, 6) is -0.953. The molecule has 0 atom stereocenters. The van der Waals surface area contributed by atoms with Crippen LogP contribution in [-0.4, -0.2) is 16.1 Å². The molecule has 3 nitrogen and oxygen atoms in total. The molecule has 0 aliphatic rings. The van der Waals surface area contributed by atoms with Gasteiger partial charge >= 0.3 is 5.97 Å². The van der Waals surface area contributed by atoms with E-state index in [0.29, 0.717) is 31.9 Å². The van der Waals surface area contributed by atoms with E-state index in [0.717, 1.165) is 0 Å². The van der Waals surface area contributed by atoms with Gasteiger partial charge in [-0.1, -0.05) is 40.9 Å². The van der Waals surface area contributed by atoms with E-state index in [1.807, 2.05) is 0 Å². The minimum Gasteiger partial charge on any atom is -0.481 e. The lowest BCUT2D eigenvalue weighted by atomic mass is 10.0. The Morgan fingerprint density at radius 3 is 2.53 bits per heavy atom. The number of hydrogen-bond acceptors (Lipinski definition) is 2. The second-order valence-corrected chi connectivity index (χ2v) is 5.11. The molecule has 0 spiro atoms. The van der Waals surface area contributed by atoms with Crippen LogP contribution in [0.15, 0.2) is 30.5 Å². The zero-order chi connectivity index (χ0) is 14.0. The summed E-state index contributed by atoms with van der Waals surface area (Å²) in [6, 6.07) is 6.60. The van der Waals surface area contributed by atoms with E-state index in [2.05, 4.69) is 4.98 Å². The smallest absolute Gasteiger partial charge is 0.307 e. The third kappa shape index (κ3) is 3.38. The molecular weight excluding hydrogens is 309 g/mol. The van der Waals surface area contributed by atoms with E-state index in [4.69, 9.17) is 39.9 Å². The highest BCUT2D eigenvalue weighted by Gasteiger charge is 2.12. The molecule has 2 rings (SSSR count). The number of pyridine rings is 1. The van der Waals surface area contributed by atoms with Gasteiger partial charge in [-0.25, -0.2) is 0 Å². The van der Waals surface area contributed by atoms with Gasteiger partial charge in [-0.2, -0.15) is 0 Å². The van der Waals surface area contributed by atoms with Gasteiger partial charge in [0.1, 0.15) is 0 Å². The lowest BCUT2D eigenvalue weighted by Gasteiger charge is -2.08. The molecule has 0 unspecified atom stereocenters. The first kappa shape index (κ1) is 14.1. The Hall–Kier alpha value is -1.29. The van der Waals surface area contributed by atoms with Crippen LogP contribution in [0, 0.1) is 0 Å². The van der Waals surface area contributed by atoms with Gasteiger partial charge in [0.2, 0.25) is 0 Å². The van der Waals surface area contributed by atoms with E-state index in [-0.39, 0.29) is 6.42 Å². The zero-order valence-electron chi connectivity index (χ0n) is 9.53. The molecule has 1 aromatic heterocycles. The van der Waals surface area contributed by atoms with Crippen LogP contribution in [0.1, 0.15) is 5.56 Å². The summed E-state index contributed by atoms with van der Waals surface area (Å²) in [5.41, 5.74) is 1.76. The summed E-state index contributed by atoms with van der Waals surface area (Å²) >= 11 is 17.6. The van der Waals surface area contributed by atoms with Crippen LogP contribution in [0.3, 0.4) is 0 Å². The lowest BCUT2D eigenvalue weighted by molar-refractivity contribution is -0.136. The normalized spacial score (nSPS) is 10.5. The number of aliphatic carboxylic acids is 1. The molecule has 19 heavy (non-hydrogen) atoms. The third-order valence-electron chi connectivity index (χ3n) is 2.47. The molecule has 0 radical (unpaired) electrons. The Morgan fingerprint density at radius 1 is 1.16 bits per heavy atom. The number of halogens is 3. The van der Waals surface area contributed by atoms with Gasteiger partial charge in [0.25, 0.3) is 0 Å². The second kappa shape index (κ2) is 5.78. The number of hydrogen-bond donors (Lipinski definition) is 1. The molecule has 2 aromatic rings. The van der Waals surface area contributed by atoms with Crippen molar-refractivity contribution in [3.05, 3.63) is 51.1 Å². The monoisotopic (exact) mass is 315 g/mol. The first-order valence-electron chi connectivity index (χ1n) is 5.29. The molecular formula is C13H8Cl3NO2. The highest BCUT2D eigenvalue weighted by Crippen LogP contribution is 2.30. The molecule has 1 aromatic carbocycles. The molecule has 6 heteroatoms. The number of aromatic nitrogens is 1. The molecule has 0 saturated heterocycles. The van der Waals surface area contributed by atoms with Crippen molar-refractivity contribution < 1.29 is 9.90 Å². The Balaban J connectivity index is 2.54. The van der Waals surface area contributed by atoms with Crippen molar-refractivity contribution in [3.8, 4) is 11.3 Å². The second-order valence-electron chi connectivity index (χ2n) is 3.86. The van der Waals surface area contributed by atoms with Crippen molar-refractivity contribution in [2.75, 3.05) is 0 Å². The van der Waals surface area contributed by atoms with Crippen LogP contribution in [-0.2, 0) is 11.2 Å². The summed E-state index contributed by atoms with van der Waals surface area (Å²) in [6.45, 7) is 0. The molecule has 0 bridgehead atoms.